The Balaban J connectivity index is 1.60. The lowest BCUT2D eigenvalue weighted by Gasteiger charge is -2.35. The molecular weight excluding hydrogens is 448 g/mol. The topological polar surface area (TPSA) is 84.0 Å². The van der Waals surface area contributed by atoms with Crippen molar-refractivity contribution in [2.24, 2.45) is 0 Å². The molecule has 1 saturated heterocycles. The average Bonchev–Trinajstić information content (AvgIpc) is 3.20. The van der Waals surface area contributed by atoms with Gasteiger partial charge in [0.2, 0.25) is 10.0 Å². The van der Waals surface area contributed by atoms with Crippen LogP contribution in [0.4, 0.5) is 5.69 Å². The summed E-state index contributed by atoms with van der Waals surface area (Å²) in [5, 5.41) is 0.544. The lowest BCUT2D eigenvalue weighted by atomic mass is 10.1. The Kier molecular flexibility index (Phi) is 6.32. The largest absolute Gasteiger partial charge is 0.462 e. The van der Waals surface area contributed by atoms with E-state index >= 15 is 0 Å². The predicted molar refractivity (Wildman–Crippen MR) is 125 cm³/mol. The summed E-state index contributed by atoms with van der Waals surface area (Å²) in [5.74, 6) is -0.607. The number of anilines is 1. The minimum absolute atomic E-state index is 0.00727. The Labute approximate surface area is 191 Å². The summed E-state index contributed by atoms with van der Waals surface area (Å²) in [5.41, 5.74) is 1.59. The van der Waals surface area contributed by atoms with Crippen LogP contribution in [0.15, 0.2) is 53.4 Å². The van der Waals surface area contributed by atoms with Crippen molar-refractivity contribution in [2.45, 2.75) is 18.7 Å². The molecule has 2 heterocycles. The fourth-order valence-electron chi connectivity index (χ4n) is 3.83. The van der Waals surface area contributed by atoms with Crippen LogP contribution in [0.5, 0.6) is 0 Å². The smallest absolute Gasteiger partial charge is 0.349 e. The number of hydrogen-bond acceptors (Lipinski definition) is 7. The van der Waals surface area contributed by atoms with Gasteiger partial charge < -0.3 is 9.64 Å². The fourth-order valence-corrected chi connectivity index (χ4v) is 7.00. The van der Waals surface area contributed by atoms with E-state index in [0.29, 0.717) is 37.1 Å². The second-order valence-corrected chi connectivity index (χ2v) is 10.4. The zero-order valence-electron chi connectivity index (χ0n) is 17.9. The molecule has 0 amide bonds. The maximum atomic E-state index is 13.6. The molecule has 0 radical (unpaired) electrons. The van der Waals surface area contributed by atoms with Gasteiger partial charge in [-0.2, -0.15) is 4.31 Å². The summed E-state index contributed by atoms with van der Waals surface area (Å²) in [4.78, 5) is 26.3. The van der Waals surface area contributed by atoms with Gasteiger partial charge in [-0.05, 0) is 44.2 Å². The first-order valence-electron chi connectivity index (χ1n) is 10.4. The molecule has 0 spiro atoms. The molecule has 0 saturated carbocycles. The average molecular weight is 473 g/mol. The van der Waals surface area contributed by atoms with Crippen molar-refractivity contribution >= 4 is 48.9 Å². The third-order valence-corrected chi connectivity index (χ3v) is 8.75. The maximum Gasteiger partial charge on any atom is 0.349 e. The number of esters is 1. The van der Waals surface area contributed by atoms with Crippen molar-refractivity contribution in [1.82, 2.24) is 4.31 Å². The van der Waals surface area contributed by atoms with Crippen molar-refractivity contribution < 1.29 is 22.7 Å². The first-order valence-corrected chi connectivity index (χ1v) is 12.6. The number of nitrogens with zero attached hydrogens (tertiary/aromatic N) is 2. The van der Waals surface area contributed by atoms with Gasteiger partial charge in [0.1, 0.15) is 9.77 Å². The maximum absolute atomic E-state index is 13.6. The van der Waals surface area contributed by atoms with Crippen LogP contribution in [0.2, 0.25) is 0 Å². The zero-order valence-corrected chi connectivity index (χ0v) is 19.5. The molecule has 7 nitrogen and oxygen atoms in total. The van der Waals surface area contributed by atoms with Gasteiger partial charge in [0.25, 0.3) is 0 Å². The number of benzene rings is 2. The number of Topliss-reactive ketones (excluding diaryl/α,β-unsaturated/α-hetero) is 1. The van der Waals surface area contributed by atoms with Gasteiger partial charge in [0, 0.05) is 47.5 Å². The molecule has 1 fully saturated rings. The number of rotatable bonds is 6. The molecule has 168 valence electrons. The lowest BCUT2D eigenvalue weighted by Crippen LogP contribution is -2.48. The second kappa shape index (κ2) is 9.01. The Morgan fingerprint density at radius 1 is 1.00 bits per heavy atom. The molecule has 32 heavy (non-hydrogen) atoms. The third kappa shape index (κ3) is 4.15. The number of fused-ring (bicyclic) bond motifs is 1. The van der Waals surface area contributed by atoms with E-state index in [1.165, 1.54) is 11.2 Å². The Morgan fingerprint density at radius 3 is 2.28 bits per heavy atom. The summed E-state index contributed by atoms with van der Waals surface area (Å²) < 4.78 is 34.6. The number of thiophene rings is 1. The van der Waals surface area contributed by atoms with Gasteiger partial charge in [-0.15, -0.1) is 11.3 Å². The summed E-state index contributed by atoms with van der Waals surface area (Å²) in [6, 6.07) is 14.5. The van der Waals surface area contributed by atoms with Gasteiger partial charge in [-0.3, -0.25) is 4.79 Å². The Morgan fingerprint density at radius 2 is 1.66 bits per heavy atom. The fraction of sp³-hybridized carbons (Fsp3) is 0.304. The summed E-state index contributed by atoms with van der Waals surface area (Å²) in [7, 11) is -3.89. The van der Waals surface area contributed by atoms with E-state index in [-0.39, 0.29) is 22.2 Å². The van der Waals surface area contributed by atoms with E-state index in [2.05, 4.69) is 4.90 Å². The van der Waals surface area contributed by atoms with Crippen molar-refractivity contribution in [3.8, 4) is 0 Å². The predicted octanol–water partition coefficient (Wildman–Crippen LogP) is 3.79. The van der Waals surface area contributed by atoms with Crippen molar-refractivity contribution in [1.29, 1.82) is 0 Å². The number of piperazine rings is 1. The van der Waals surface area contributed by atoms with Crippen LogP contribution in [0.3, 0.4) is 0 Å². The second-order valence-electron chi connectivity index (χ2n) is 7.47. The van der Waals surface area contributed by atoms with Gasteiger partial charge in [0.15, 0.2) is 5.78 Å². The van der Waals surface area contributed by atoms with Crippen LogP contribution in [0.25, 0.3) is 10.1 Å². The highest BCUT2D eigenvalue weighted by Gasteiger charge is 2.35. The number of hydrogen-bond donors (Lipinski definition) is 0. The molecule has 3 aromatic rings. The molecule has 4 rings (SSSR count). The molecular formula is C23H24N2O5S2. The number of sulfonamides is 1. The minimum Gasteiger partial charge on any atom is -0.462 e. The minimum atomic E-state index is -3.89. The monoisotopic (exact) mass is 472 g/mol. The molecule has 2 aromatic carbocycles. The van der Waals surface area contributed by atoms with Crippen molar-refractivity contribution in [2.75, 3.05) is 37.7 Å². The molecule has 1 aliphatic heterocycles. The highest BCUT2D eigenvalue weighted by molar-refractivity contribution is 7.89. The van der Waals surface area contributed by atoms with Crippen LogP contribution in [0.1, 0.15) is 33.9 Å². The van der Waals surface area contributed by atoms with Crippen molar-refractivity contribution in [3.05, 3.63) is 59.0 Å². The number of ether oxygens (including phenoxy) is 1. The number of carbonyl (C=O) groups excluding carboxylic acids is 2. The van der Waals surface area contributed by atoms with Crippen LogP contribution in [-0.2, 0) is 14.8 Å². The molecule has 0 N–H and O–H groups in total. The molecule has 0 aliphatic carbocycles. The van der Waals surface area contributed by atoms with Crippen molar-refractivity contribution in [3.63, 3.8) is 0 Å². The van der Waals surface area contributed by atoms with E-state index in [4.69, 9.17) is 4.74 Å². The molecule has 0 unspecified atom stereocenters. The van der Waals surface area contributed by atoms with Gasteiger partial charge in [-0.25, -0.2) is 13.2 Å². The molecule has 1 aliphatic rings. The van der Waals surface area contributed by atoms with Gasteiger partial charge >= 0.3 is 5.97 Å². The van der Waals surface area contributed by atoms with E-state index in [0.717, 1.165) is 21.7 Å². The van der Waals surface area contributed by atoms with Gasteiger partial charge in [0.05, 0.1) is 6.61 Å². The summed E-state index contributed by atoms with van der Waals surface area (Å²) in [6.07, 6.45) is 0. The number of carbonyl (C=O) groups is 2. The quantitative estimate of drug-likeness (QED) is 0.401. The third-order valence-electron chi connectivity index (χ3n) is 5.49. The highest BCUT2D eigenvalue weighted by atomic mass is 32.2. The highest BCUT2D eigenvalue weighted by Crippen LogP contribution is 2.37. The lowest BCUT2D eigenvalue weighted by molar-refractivity contribution is 0.0528. The van der Waals surface area contributed by atoms with Gasteiger partial charge in [-0.1, -0.05) is 18.2 Å². The van der Waals surface area contributed by atoms with E-state index < -0.39 is 16.0 Å². The molecule has 0 atom stereocenters. The molecule has 0 bridgehead atoms. The Bertz CT molecular complexity index is 1260. The summed E-state index contributed by atoms with van der Waals surface area (Å²) in [6.45, 7) is 5.00. The first kappa shape index (κ1) is 22.4. The zero-order chi connectivity index (χ0) is 22.9. The molecule has 9 heteroatoms. The summed E-state index contributed by atoms with van der Waals surface area (Å²) >= 11 is 1.15. The molecule has 1 aromatic heterocycles. The van der Waals surface area contributed by atoms with E-state index in [9.17, 15) is 18.0 Å². The SMILES string of the molecule is CCOC(=O)c1sc2ccccc2c1S(=O)(=O)N1CCN(c2ccc(C(C)=O)cc2)CC1. The first-order chi connectivity index (χ1) is 15.3. The standard InChI is InChI=1S/C23H24N2O5S2/c1-3-30-23(27)21-22(19-6-4-5-7-20(19)31-21)32(28,29)25-14-12-24(13-15-25)18-10-8-17(9-11-18)16(2)26/h4-11H,3,12-15H2,1-2H3. The van der Waals surface area contributed by atoms with Crippen LogP contribution < -0.4 is 4.90 Å². The van der Waals surface area contributed by atoms with Crippen LogP contribution >= 0.6 is 11.3 Å². The Hall–Kier alpha value is -2.75. The van der Waals surface area contributed by atoms with Crippen LogP contribution in [-0.4, -0.2) is 57.3 Å². The van der Waals surface area contributed by atoms with E-state index in [1.807, 2.05) is 24.3 Å². The van der Waals surface area contributed by atoms with E-state index in [1.54, 1.807) is 31.2 Å². The number of ketones is 1. The van der Waals surface area contributed by atoms with Crippen LogP contribution in [0, 0.1) is 0 Å². The normalized spacial score (nSPS) is 15.1.